The van der Waals surface area contributed by atoms with Crippen LogP contribution in [-0.4, -0.2) is 23.0 Å². The first-order valence-corrected chi connectivity index (χ1v) is 5.45. The summed E-state index contributed by atoms with van der Waals surface area (Å²) in [5, 5.41) is 3.11. The molecule has 0 amide bonds. The van der Waals surface area contributed by atoms with Crippen molar-refractivity contribution in [3.63, 3.8) is 0 Å². The zero-order valence-corrected chi connectivity index (χ0v) is 12.9. The number of aliphatic imine (C=N–C) groups is 1. The van der Waals surface area contributed by atoms with Crippen molar-refractivity contribution in [3.8, 4) is 0 Å². The Kier molecular flexibility index (Phi) is 7.10. The van der Waals surface area contributed by atoms with Gasteiger partial charge in [-0.3, -0.25) is 9.98 Å². The first-order valence-electron chi connectivity index (χ1n) is 5.45. The second-order valence-corrected chi connectivity index (χ2v) is 4.71. The van der Waals surface area contributed by atoms with Gasteiger partial charge in [-0.15, -0.1) is 24.0 Å². The van der Waals surface area contributed by atoms with Gasteiger partial charge in [0.2, 0.25) is 0 Å². The van der Waals surface area contributed by atoms with Crippen LogP contribution in [0.5, 0.6) is 0 Å². The van der Waals surface area contributed by atoms with E-state index in [2.05, 4.69) is 15.3 Å². The van der Waals surface area contributed by atoms with Crippen LogP contribution in [0.3, 0.4) is 0 Å². The fourth-order valence-corrected chi connectivity index (χ4v) is 1.26. The fraction of sp³-hybridized carbons (Fsp3) is 0.500. The van der Waals surface area contributed by atoms with Crippen LogP contribution in [0.15, 0.2) is 29.4 Å². The molecule has 96 valence electrons. The molecule has 0 aliphatic heterocycles. The van der Waals surface area contributed by atoms with E-state index >= 15 is 0 Å². The van der Waals surface area contributed by atoms with E-state index in [4.69, 9.17) is 5.73 Å². The zero-order valence-electron chi connectivity index (χ0n) is 10.6. The first-order chi connectivity index (χ1) is 7.47. The van der Waals surface area contributed by atoms with E-state index in [1.807, 2.05) is 39.0 Å². The Hall–Kier alpha value is -0.850. The van der Waals surface area contributed by atoms with Gasteiger partial charge in [-0.25, -0.2) is 0 Å². The van der Waals surface area contributed by atoms with Crippen molar-refractivity contribution in [3.05, 3.63) is 30.1 Å². The molecule has 0 bridgehead atoms. The number of nitrogens with two attached hydrogens (primary N) is 1. The Labute approximate surface area is 120 Å². The molecule has 17 heavy (non-hydrogen) atoms. The number of hydrogen-bond donors (Lipinski definition) is 2. The molecule has 0 aliphatic carbocycles. The summed E-state index contributed by atoms with van der Waals surface area (Å²) in [6, 6.07) is 5.87. The minimum atomic E-state index is -0.0431. The van der Waals surface area contributed by atoms with Crippen molar-refractivity contribution in [2.24, 2.45) is 10.7 Å². The Balaban J connectivity index is 0.00000256. The van der Waals surface area contributed by atoms with Gasteiger partial charge in [-0.2, -0.15) is 0 Å². The highest BCUT2D eigenvalue weighted by atomic mass is 127. The zero-order chi connectivity index (χ0) is 12.0. The Bertz CT molecular complexity index is 343. The van der Waals surface area contributed by atoms with Crippen LogP contribution in [-0.2, 0) is 6.42 Å². The largest absolute Gasteiger partial charge is 0.370 e. The molecule has 1 aromatic rings. The molecule has 5 heteroatoms. The monoisotopic (exact) mass is 348 g/mol. The van der Waals surface area contributed by atoms with Crippen molar-refractivity contribution in [1.29, 1.82) is 0 Å². The molecular formula is C12H21IN4. The topological polar surface area (TPSA) is 63.3 Å². The van der Waals surface area contributed by atoms with Gasteiger partial charge in [0.25, 0.3) is 0 Å². The van der Waals surface area contributed by atoms with Crippen LogP contribution in [0.2, 0.25) is 0 Å². The van der Waals surface area contributed by atoms with Crippen LogP contribution in [0.25, 0.3) is 0 Å². The Morgan fingerprint density at radius 1 is 1.41 bits per heavy atom. The van der Waals surface area contributed by atoms with E-state index in [9.17, 15) is 0 Å². The van der Waals surface area contributed by atoms with Crippen molar-refractivity contribution in [1.82, 2.24) is 10.3 Å². The van der Waals surface area contributed by atoms with Gasteiger partial charge in [0.15, 0.2) is 5.96 Å². The average molecular weight is 348 g/mol. The van der Waals surface area contributed by atoms with Gasteiger partial charge in [0, 0.05) is 30.4 Å². The van der Waals surface area contributed by atoms with E-state index in [0.717, 1.165) is 12.1 Å². The van der Waals surface area contributed by atoms with Crippen LogP contribution in [0, 0.1) is 0 Å². The minimum absolute atomic E-state index is 0. The van der Waals surface area contributed by atoms with Crippen LogP contribution in [0.1, 0.15) is 26.5 Å². The van der Waals surface area contributed by atoms with Crippen molar-refractivity contribution < 1.29 is 0 Å². The predicted octanol–water partition coefficient (Wildman–Crippen LogP) is 1.94. The predicted molar refractivity (Wildman–Crippen MR) is 82.7 cm³/mol. The summed E-state index contributed by atoms with van der Waals surface area (Å²) in [7, 11) is 0. The molecule has 1 heterocycles. The van der Waals surface area contributed by atoms with E-state index in [-0.39, 0.29) is 29.5 Å². The van der Waals surface area contributed by atoms with Gasteiger partial charge in [-0.05, 0) is 32.9 Å². The molecule has 3 N–H and O–H groups in total. The van der Waals surface area contributed by atoms with Gasteiger partial charge in [0.05, 0.1) is 0 Å². The second-order valence-electron chi connectivity index (χ2n) is 4.71. The SMILES string of the molecule is CC(C)(C)NC(N)=NCCc1ccccn1.I. The van der Waals surface area contributed by atoms with E-state index in [1.165, 1.54) is 0 Å². The number of nitrogens with zero attached hydrogens (tertiary/aromatic N) is 2. The highest BCUT2D eigenvalue weighted by molar-refractivity contribution is 14.0. The van der Waals surface area contributed by atoms with Crippen LogP contribution >= 0.6 is 24.0 Å². The lowest BCUT2D eigenvalue weighted by molar-refractivity contribution is 0.508. The minimum Gasteiger partial charge on any atom is -0.370 e. The molecule has 1 aromatic heterocycles. The third-order valence-corrected chi connectivity index (χ3v) is 1.88. The molecule has 0 atom stereocenters. The first kappa shape index (κ1) is 16.1. The van der Waals surface area contributed by atoms with E-state index in [0.29, 0.717) is 12.5 Å². The molecular weight excluding hydrogens is 327 g/mol. The van der Waals surface area contributed by atoms with Crippen molar-refractivity contribution in [2.75, 3.05) is 6.54 Å². The van der Waals surface area contributed by atoms with Gasteiger partial charge in [0.1, 0.15) is 0 Å². The Morgan fingerprint density at radius 3 is 2.65 bits per heavy atom. The highest BCUT2D eigenvalue weighted by Crippen LogP contribution is 1.98. The molecule has 4 nitrogen and oxygen atoms in total. The number of rotatable bonds is 3. The lowest BCUT2D eigenvalue weighted by Gasteiger charge is -2.20. The van der Waals surface area contributed by atoms with E-state index in [1.54, 1.807) is 6.20 Å². The lowest BCUT2D eigenvalue weighted by Crippen LogP contribution is -2.45. The summed E-state index contributed by atoms with van der Waals surface area (Å²) in [6.45, 7) is 6.81. The molecule has 0 unspecified atom stereocenters. The average Bonchev–Trinajstić information content (AvgIpc) is 2.16. The highest BCUT2D eigenvalue weighted by Gasteiger charge is 2.09. The summed E-state index contributed by atoms with van der Waals surface area (Å²) in [4.78, 5) is 8.47. The number of hydrogen-bond acceptors (Lipinski definition) is 2. The number of halogens is 1. The van der Waals surface area contributed by atoms with Crippen molar-refractivity contribution >= 4 is 29.9 Å². The molecule has 0 spiro atoms. The standard InChI is InChI=1S/C12H20N4.HI/c1-12(2,3)16-11(13)15-9-7-10-6-4-5-8-14-10;/h4-6,8H,7,9H2,1-3H3,(H3,13,15,16);1H. The van der Waals surface area contributed by atoms with Crippen molar-refractivity contribution in [2.45, 2.75) is 32.7 Å². The number of guanidine groups is 1. The third kappa shape index (κ3) is 7.95. The quantitative estimate of drug-likeness (QED) is 0.499. The second kappa shape index (κ2) is 7.47. The van der Waals surface area contributed by atoms with Crippen LogP contribution < -0.4 is 11.1 Å². The number of nitrogens with one attached hydrogen (secondary N) is 1. The number of pyridine rings is 1. The summed E-state index contributed by atoms with van der Waals surface area (Å²) >= 11 is 0. The van der Waals surface area contributed by atoms with E-state index < -0.39 is 0 Å². The van der Waals surface area contributed by atoms with Gasteiger partial charge < -0.3 is 11.1 Å². The smallest absolute Gasteiger partial charge is 0.188 e. The summed E-state index contributed by atoms with van der Waals surface area (Å²) in [5.74, 6) is 0.489. The molecule has 0 radical (unpaired) electrons. The molecule has 0 aliphatic rings. The summed E-state index contributed by atoms with van der Waals surface area (Å²) in [6.07, 6.45) is 2.60. The molecule has 0 aromatic carbocycles. The maximum absolute atomic E-state index is 5.74. The fourth-order valence-electron chi connectivity index (χ4n) is 1.26. The number of aromatic nitrogens is 1. The van der Waals surface area contributed by atoms with Gasteiger partial charge in [-0.1, -0.05) is 6.07 Å². The third-order valence-electron chi connectivity index (χ3n) is 1.88. The summed E-state index contributed by atoms with van der Waals surface area (Å²) in [5.41, 5.74) is 6.74. The molecule has 0 saturated carbocycles. The normalized spacial score (nSPS) is 11.8. The maximum atomic E-state index is 5.74. The lowest BCUT2D eigenvalue weighted by atomic mass is 10.1. The van der Waals surface area contributed by atoms with Crippen LogP contribution in [0.4, 0.5) is 0 Å². The maximum Gasteiger partial charge on any atom is 0.188 e. The molecule has 1 rings (SSSR count). The summed E-state index contributed by atoms with van der Waals surface area (Å²) < 4.78 is 0. The van der Waals surface area contributed by atoms with Gasteiger partial charge >= 0.3 is 0 Å². The molecule has 0 saturated heterocycles. The molecule has 0 fully saturated rings. The Morgan fingerprint density at radius 2 is 2.12 bits per heavy atom.